The molecule has 2 unspecified atom stereocenters. The maximum Gasteiger partial charge on any atom is 0.269 e. The van der Waals surface area contributed by atoms with Gasteiger partial charge in [0.05, 0.1) is 27.7 Å². The van der Waals surface area contributed by atoms with E-state index in [9.17, 15) is 26.4 Å². The van der Waals surface area contributed by atoms with Crippen molar-refractivity contribution >= 4 is 37.5 Å². The van der Waals surface area contributed by atoms with Crippen LogP contribution in [-0.4, -0.2) is 65.3 Å². The van der Waals surface area contributed by atoms with Gasteiger partial charge in [0.1, 0.15) is 0 Å². The molecule has 2 amide bonds. The largest absolute Gasteiger partial charge is 0.373 e. The molecule has 212 valence electrons. The number of carbonyl (C=O) groups is 2. The normalized spacial score (nSPS) is 18.1. The van der Waals surface area contributed by atoms with Gasteiger partial charge < -0.3 is 4.74 Å². The van der Waals surface area contributed by atoms with Gasteiger partial charge in [0.2, 0.25) is 10.0 Å². The molecule has 3 aromatic rings. The zero-order valence-corrected chi connectivity index (χ0v) is 23.8. The Labute approximate surface area is 233 Å². The Morgan fingerprint density at radius 1 is 0.750 bits per heavy atom. The highest BCUT2D eigenvalue weighted by atomic mass is 32.2. The van der Waals surface area contributed by atoms with Gasteiger partial charge in [-0.25, -0.2) is 16.8 Å². The lowest BCUT2D eigenvalue weighted by Gasteiger charge is -2.34. The van der Waals surface area contributed by atoms with Crippen molar-refractivity contribution in [3.8, 4) is 0 Å². The van der Waals surface area contributed by atoms with Crippen LogP contribution in [0, 0.1) is 0 Å². The summed E-state index contributed by atoms with van der Waals surface area (Å²) in [6.07, 6.45) is -0.466. The summed E-state index contributed by atoms with van der Waals surface area (Å²) in [5.41, 5.74) is 5.29. The van der Waals surface area contributed by atoms with Crippen molar-refractivity contribution in [3.63, 3.8) is 0 Å². The Morgan fingerprint density at radius 2 is 1.20 bits per heavy atom. The lowest BCUT2D eigenvalue weighted by atomic mass is 10.2. The number of hydrogen-bond acceptors (Lipinski definition) is 7. The second-order valence-electron chi connectivity index (χ2n) is 9.34. The molecule has 1 aliphatic heterocycles. The van der Waals surface area contributed by atoms with E-state index in [4.69, 9.17) is 4.74 Å². The third kappa shape index (κ3) is 6.33. The number of amides is 2. The summed E-state index contributed by atoms with van der Waals surface area (Å²) in [5.74, 6) is -1.32. The lowest BCUT2D eigenvalue weighted by Crippen LogP contribution is -2.48. The molecule has 3 aromatic carbocycles. The van der Waals surface area contributed by atoms with Crippen molar-refractivity contribution in [2.75, 3.05) is 24.4 Å². The molecule has 2 N–H and O–H groups in total. The highest BCUT2D eigenvalue weighted by Crippen LogP contribution is 2.23. The van der Waals surface area contributed by atoms with Crippen LogP contribution >= 0.6 is 0 Å². The number of nitrogens with zero attached hydrogens (tertiary/aromatic N) is 2. The molecule has 1 saturated heterocycles. The average Bonchev–Trinajstić information content (AvgIpc) is 2.95. The Morgan fingerprint density at radius 3 is 1.68 bits per heavy atom. The molecule has 13 heteroatoms. The number of hydrogen-bond donors (Lipinski definition) is 2. The van der Waals surface area contributed by atoms with Crippen LogP contribution in [0.25, 0.3) is 0 Å². The number of ether oxygens (including phenoxy) is 1. The maximum absolute atomic E-state index is 13.0. The Hall–Kier alpha value is -3.78. The zero-order valence-electron chi connectivity index (χ0n) is 22.1. The smallest absolute Gasteiger partial charge is 0.269 e. The monoisotopic (exact) mass is 586 g/mol. The van der Waals surface area contributed by atoms with E-state index < -0.39 is 31.9 Å². The van der Waals surface area contributed by atoms with Gasteiger partial charge in [0.15, 0.2) is 0 Å². The molecule has 0 saturated carbocycles. The molecule has 0 bridgehead atoms. The number of rotatable bonds is 7. The SMILES string of the molecule is CC1CN(S(=O)(=O)c2ccc(C(=O)NNC(=O)c3ccc(S(=O)(=O)N(C)c4ccccc4)cc3)cc2)CC(C)O1. The molecule has 11 nitrogen and oxygen atoms in total. The van der Waals surface area contributed by atoms with Crippen LogP contribution in [0.5, 0.6) is 0 Å². The van der Waals surface area contributed by atoms with Gasteiger partial charge in [-0.2, -0.15) is 4.31 Å². The summed E-state index contributed by atoms with van der Waals surface area (Å²) >= 11 is 0. The quantitative estimate of drug-likeness (QED) is 0.405. The molecule has 1 fully saturated rings. The molecule has 0 radical (unpaired) electrons. The van der Waals surface area contributed by atoms with Crippen LogP contribution in [0.4, 0.5) is 5.69 Å². The molecular weight excluding hydrogens is 556 g/mol. The van der Waals surface area contributed by atoms with Gasteiger partial charge in [-0.15, -0.1) is 0 Å². The standard InChI is InChI=1S/C27H30N4O7S2/c1-19-17-31(18-20(2)38-19)40(36,37)25-15-11-22(12-16-25)27(33)29-28-26(32)21-9-13-24(14-10-21)39(34,35)30(3)23-7-5-4-6-8-23/h4-16,19-20H,17-18H2,1-3H3,(H,28,32)(H,29,33). The van der Waals surface area contributed by atoms with Crippen LogP contribution in [0.3, 0.4) is 0 Å². The van der Waals surface area contributed by atoms with Crippen LogP contribution in [0.15, 0.2) is 88.7 Å². The van der Waals surface area contributed by atoms with E-state index >= 15 is 0 Å². The van der Waals surface area contributed by atoms with Crippen LogP contribution in [0.1, 0.15) is 34.6 Å². The number of morpholine rings is 1. The molecule has 2 atom stereocenters. The molecule has 40 heavy (non-hydrogen) atoms. The number of para-hydroxylation sites is 1. The van der Waals surface area contributed by atoms with Crippen molar-refractivity contribution in [3.05, 3.63) is 90.0 Å². The van der Waals surface area contributed by atoms with Gasteiger partial charge in [-0.3, -0.25) is 24.7 Å². The summed E-state index contributed by atoms with van der Waals surface area (Å²) in [7, 11) is -6.17. The van der Waals surface area contributed by atoms with Gasteiger partial charge >= 0.3 is 0 Å². The number of carbonyl (C=O) groups excluding carboxylic acids is 2. The van der Waals surface area contributed by atoms with E-state index in [-0.39, 0.29) is 46.2 Å². The lowest BCUT2D eigenvalue weighted by molar-refractivity contribution is -0.0440. The highest BCUT2D eigenvalue weighted by Gasteiger charge is 2.32. The predicted molar refractivity (Wildman–Crippen MR) is 149 cm³/mol. The van der Waals surface area contributed by atoms with Crippen molar-refractivity contribution in [1.29, 1.82) is 0 Å². The predicted octanol–water partition coefficient (Wildman–Crippen LogP) is 2.38. The van der Waals surface area contributed by atoms with Crippen LogP contribution in [-0.2, 0) is 24.8 Å². The van der Waals surface area contributed by atoms with Gasteiger partial charge in [-0.05, 0) is 74.5 Å². The van der Waals surface area contributed by atoms with Crippen LogP contribution in [0.2, 0.25) is 0 Å². The summed E-state index contributed by atoms with van der Waals surface area (Å²) in [6.45, 7) is 4.08. The molecule has 0 spiro atoms. The topological polar surface area (TPSA) is 142 Å². The van der Waals surface area contributed by atoms with E-state index in [1.54, 1.807) is 44.2 Å². The first-order chi connectivity index (χ1) is 18.9. The average molecular weight is 587 g/mol. The zero-order chi connectivity index (χ0) is 29.1. The molecule has 4 rings (SSSR count). The van der Waals surface area contributed by atoms with Crippen molar-refractivity contribution < 1.29 is 31.2 Å². The van der Waals surface area contributed by atoms with E-state index in [2.05, 4.69) is 10.9 Å². The fourth-order valence-electron chi connectivity index (χ4n) is 4.23. The highest BCUT2D eigenvalue weighted by molar-refractivity contribution is 7.92. The molecule has 1 heterocycles. The van der Waals surface area contributed by atoms with Gasteiger partial charge in [0, 0.05) is 31.3 Å². The fourth-order valence-corrected chi connectivity index (χ4v) is 7.01. The molecular formula is C27H30N4O7S2. The molecule has 1 aliphatic rings. The minimum absolute atomic E-state index is 0.00419. The van der Waals surface area contributed by atoms with Crippen molar-refractivity contribution in [2.45, 2.75) is 35.8 Å². The third-order valence-electron chi connectivity index (χ3n) is 6.32. The summed E-state index contributed by atoms with van der Waals surface area (Å²) < 4.78 is 59.9. The first-order valence-corrected chi connectivity index (χ1v) is 15.3. The number of nitrogens with one attached hydrogen (secondary N) is 2. The van der Waals surface area contributed by atoms with Crippen molar-refractivity contribution in [2.24, 2.45) is 0 Å². The number of benzene rings is 3. The number of sulfonamides is 2. The van der Waals surface area contributed by atoms with E-state index in [0.717, 1.165) is 4.31 Å². The van der Waals surface area contributed by atoms with Gasteiger partial charge in [-0.1, -0.05) is 18.2 Å². The number of hydrazine groups is 1. The van der Waals surface area contributed by atoms with Crippen LogP contribution < -0.4 is 15.2 Å². The first kappa shape index (κ1) is 29.2. The first-order valence-electron chi connectivity index (χ1n) is 12.4. The number of anilines is 1. The van der Waals surface area contributed by atoms with Crippen molar-refractivity contribution in [1.82, 2.24) is 15.2 Å². The second kappa shape index (κ2) is 11.8. The van der Waals surface area contributed by atoms with Gasteiger partial charge in [0.25, 0.3) is 21.8 Å². The van der Waals surface area contributed by atoms with E-state index in [1.165, 1.54) is 59.9 Å². The van der Waals surface area contributed by atoms with E-state index in [1.807, 2.05) is 0 Å². The molecule has 0 aromatic heterocycles. The Kier molecular flexibility index (Phi) is 8.59. The summed E-state index contributed by atoms with van der Waals surface area (Å²) in [5, 5.41) is 0. The Balaban J connectivity index is 1.36. The molecule has 0 aliphatic carbocycles. The summed E-state index contributed by atoms with van der Waals surface area (Å²) in [4.78, 5) is 25.1. The second-order valence-corrected chi connectivity index (χ2v) is 13.3. The third-order valence-corrected chi connectivity index (χ3v) is 9.97. The minimum atomic E-state index is -3.84. The van der Waals surface area contributed by atoms with E-state index in [0.29, 0.717) is 5.69 Å². The summed E-state index contributed by atoms with van der Waals surface area (Å²) in [6, 6.07) is 19.2. The fraction of sp³-hybridized carbons (Fsp3) is 0.259. The maximum atomic E-state index is 13.0. The Bertz CT molecular complexity index is 1570. The minimum Gasteiger partial charge on any atom is -0.373 e.